The predicted molar refractivity (Wildman–Crippen MR) is 142 cm³/mol. The van der Waals surface area contributed by atoms with Gasteiger partial charge in [-0.3, -0.25) is 4.79 Å². The molecule has 1 aliphatic heterocycles. The van der Waals surface area contributed by atoms with Crippen LogP contribution in [0.15, 0.2) is 35.7 Å². The average Bonchev–Trinajstić information content (AvgIpc) is 3.29. The Morgan fingerprint density at radius 2 is 2.03 bits per heavy atom. The number of fused-ring (bicyclic) bond motifs is 1. The molecule has 12 nitrogen and oxygen atoms in total. The fraction of sp³-hybridized carbons (Fsp3) is 0.560. The molecule has 3 N–H and O–H groups in total. The molecule has 0 aliphatic carbocycles. The van der Waals surface area contributed by atoms with E-state index in [1.165, 1.54) is 23.9 Å². The van der Waals surface area contributed by atoms with Gasteiger partial charge in [-0.05, 0) is 39.0 Å². The van der Waals surface area contributed by atoms with E-state index < -0.39 is 22.2 Å². The number of sulfonamides is 1. The summed E-state index contributed by atoms with van der Waals surface area (Å²) < 4.78 is 35.4. The summed E-state index contributed by atoms with van der Waals surface area (Å²) in [6.07, 6.45) is 2.22. The first kappa shape index (κ1) is 29.4. The number of benzene rings is 1. The Bertz CT molecular complexity index is 1250. The minimum Gasteiger partial charge on any atom is -0.488 e. The Balaban J connectivity index is 1.95. The summed E-state index contributed by atoms with van der Waals surface area (Å²) in [5, 5.41) is 15.2. The number of nitrogens with zero attached hydrogens (tertiary/aromatic N) is 4. The summed E-state index contributed by atoms with van der Waals surface area (Å²) in [4.78, 5) is 31.1. The molecule has 1 aliphatic rings. The van der Waals surface area contributed by atoms with Crippen LogP contribution < -0.4 is 15.4 Å². The fourth-order valence-electron chi connectivity index (χ4n) is 4.19. The van der Waals surface area contributed by atoms with E-state index in [0.717, 1.165) is 0 Å². The number of aromatic nitrogens is 2. The number of carbonyl (C=O) groups excluding carboxylic acids is 2. The normalized spacial score (nSPS) is 19.3. The molecule has 1 aromatic carbocycles. The van der Waals surface area contributed by atoms with E-state index in [1.54, 1.807) is 41.6 Å². The van der Waals surface area contributed by atoms with Gasteiger partial charge < -0.3 is 29.9 Å². The lowest BCUT2D eigenvalue weighted by atomic mass is 10.0. The molecule has 0 saturated heterocycles. The number of amides is 3. The second-order valence-corrected chi connectivity index (χ2v) is 12.1. The minimum absolute atomic E-state index is 0.00580. The van der Waals surface area contributed by atoms with Gasteiger partial charge in [0.25, 0.3) is 10.0 Å². The zero-order valence-electron chi connectivity index (χ0n) is 22.7. The van der Waals surface area contributed by atoms with Gasteiger partial charge in [-0.2, -0.15) is 4.31 Å². The SMILES string of the molecule is CC(C)NC(=O)Nc1ccc2c(c1)CC(=O)N([C@@H](C)CO)C[C@@H](C)[C@H](CN(C)S(=O)(=O)c1cn(C)cn1)O2. The van der Waals surface area contributed by atoms with Gasteiger partial charge in [0, 0.05) is 50.0 Å². The number of nitrogens with one attached hydrogen (secondary N) is 2. The van der Waals surface area contributed by atoms with Crippen LogP contribution in [0, 0.1) is 5.92 Å². The summed E-state index contributed by atoms with van der Waals surface area (Å²) >= 11 is 0. The van der Waals surface area contributed by atoms with Crippen molar-refractivity contribution in [1.29, 1.82) is 0 Å². The van der Waals surface area contributed by atoms with Crippen LogP contribution in [0.5, 0.6) is 5.75 Å². The lowest BCUT2D eigenvalue weighted by Crippen LogP contribution is -2.48. The molecule has 0 bridgehead atoms. The van der Waals surface area contributed by atoms with Crippen LogP contribution in [0.2, 0.25) is 0 Å². The molecule has 13 heteroatoms. The monoisotopic (exact) mass is 550 g/mol. The van der Waals surface area contributed by atoms with Crippen LogP contribution in [0.1, 0.15) is 33.3 Å². The van der Waals surface area contributed by atoms with Gasteiger partial charge in [-0.25, -0.2) is 18.2 Å². The highest BCUT2D eigenvalue weighted by Gasteiger charge is 2.34. The zero-order chi connectivity index (χ0) is 28.2. The Hall–Kier alpha value is -3.16. The number of aryl methyl sites for hydroxylation is 1. The fourth-order valence-corrected chi connectivity index (χ4v) is 5.33. The van der Waals surface area contributed by atoms with Gasteiger partial charge in [0.05, 0.1) is 31.9 Å². The molecule has 0 fully saturated rings. The van der Waals surface area contributed by atoms with E-state index in [4.69, 9.17) is 4.74 Å². The van der Waals surface area contributed by atoms with Crippen molar-refractivity contribution in [2.45, 2.75) is 57.3 Å². The molecule has 3 atom stereocenters. The Labute approximate surface area is 224 Å². The van der Waals surface area contributed by atoms with E-state index in [2.05, 4.69) is 15.6 Å². The smallest absolute Gasteiger partial charge is 0.319 e. The summed E-state index contributed by atoms with van der Waals surface area (Å²) in [5.74, 6) is -0.0656. The van der Waals surface area contributed by atoms with Crippen molar-refractivity contribution in [3.8, 4) is 5.75 Å². The van der Waals surface area contributed by atoms with E-state index in [9.17, 15) is 23.1 Å². The number of likely N-dealkylation sites (N-methyl/N-ethyl adjacent to an activating group) is 1. The molecule has 0 saturated carbocycles. The number of urea groups is 1. The average molecular weight is 551 g/mol. The molecule has 3 rings (SSSR count). The maximum atomic E-state index is 13.3. The Morgan fingerprint density at radius 1 is 1.32 bits per heavy atom. The lowest BCUT2D eigenvalue weighted by molar-refractivity contribution is -0.134. The largest absolute Gasteiger partial charge is 0.488 e. The molecule has 210 valence electrons. The highest BCUT2D eigenvalue weighted by molar-refractivity contribution is 7.89. The number of carbonyl (C=O) groups is 2. The van der Waals surface area contributed by atoms with Crippen molar-refractivity contribution >= 4 is 27.6 Å². The van der Waals surface area contributed by atoms with Gasteiger partial charge in [0.15, 0.2) is 5.03 Å². The van der Waals surface area contributed by atoms with Crippen molar-refractivity contribution in [3.63, 3.8) is 0 Å². The second-order valence-electron chi connectivity index (χ2n) is 10.1. The maximum absolute atomic E-state index is 13.3. The summed E-state index contributed by atoms with van der Waals surface area (Å²) in [6.45, 7) is 7.38. The Morgan fingerprint density at radius 3 is 2.63 bits per heavy atom. The number of ether oxygens (including phenoxy) is 1. The molecule has 0 spiro atoms. The van der Waals surface area contributed by atoms with Crippen LogP contribution >= 0.6 is 0 Å². The van der Waals surface area contributed by atoms with Crippen molar-refractivity contribution in [1.82, 2.24) is 24.1 Å². The second kappa shape index (κ2) is 12.1. The molecule has 3 amide bonds. The first-order chi connectivity index (χ1) is 17.8. The summed E-state index contributed by atoms with van der Waals surface area (Å²) in [6, 6.07) is 4.15. The summed E-state index contributed by atoms with van der Waals surface area (Å²) in [7, 11) is -0.722. The third-order valence-electron chi connectivity index (χ3n) is 6.39. The van der Waals surface area contributed by atoms with Crippen LogP contribution in [0.4, 0.5) is 10.5 Å². The number of aliphatic hydroxyl groups excluding tert-OH is 1. The van der Waals surface area contributed by atoms with Crippen molar-refractivity contribution in [2.24, 2.45) is 13.0 Å². The molecule has 2 aromatic rings. The highest BCUT2D eigenvalue weighted by atomic mass is 32.2. The molecular formula is C25H38N6O6S. The van der Waals surface area contributed by atoms with Crippen LogP contribution in [0.3, 0.4) is 0 Å². The first-order valence-corrected chi connectivity index (χ1v) is 14.0. The van der Waals surface area contributed by atoms with E-state index in [0.29, 0.717) is 17.0 Å². The maximum Gasteiger partial charge on any atom is 0.319 e. The van der Waals surface area contributed by atoms with Crippen molar-refractivity contribution in [2.75, 3.05) is 32.1 Å². The van der Waals surface area contributed by atoms with Crippen LogP contribution in [-0.2, 0) is 28.3 Å². The number of aliphatic hydroxyl groups is 1. The Kier molecular flexibility index (Phi) is 9.39. The van der Waals surface area contributed by atoms with Gasteiger partial charge in [-0.1, -0.05) is 6.92 Å². The van der Waals surface area contributed by atoms with Gasteiger partial charge in [-0.15, -0.1) is 0 Å². The van der Waals surface area contributed by atoms with Gasteiger partial charge >= 0.3 is 6.03 Å². The van der Waals surface area contributed by atoms with E-state index in [1.807, 2.05) is 20.8 Å². The standard InChI is InChI=1S/C25H38N6O6S/c1-16(2)27-25(34)28-20-7-8-21-19(9-20)10-24(33)31(18(4)14-32)11-17(3)22(37-21)12-30(6)38(35,36)23-13-29(5)15-26-23/h7-9,13,15-18,22,32H,10-12,14H2,1-6H3,(H2,27,28,34)/t17-,18+,22+/m1/s1. The van der Waals surface area contributed by atoms with Crippen molar-refractivity contribution in [3.05, 3.63) is 36.3 Å². The number of imidazole rings is 1. The summed E-state index contributed by atoms with van der Waals surface area (Å²) in [5.41, 5.74) is 1.03. The minimum atomic E-state index is -3.88. The van der Waals surface area contributed by atoms with E-state index >= 15 is 0 Å². The third kappa shape index (κ3) is 7.03. The molecular weight excluding hydrogens is 512 g/mol. The number of anilines is 1. The molecule has 1 aromatic heterocycles. The lowest BCUT2D eigenvalue weighted by Gasteiger charge is -2.33. The van der Waals surface area contributed by atoms with Crippen LogP contribution in [0.25, 0.3) is 0 Å². The van der Waals surface area contributed by atoms with Gasteiger partial charge in [0.1, 0.15) is 11.9 Å². The van der Waals surface area contributed by atoms with Gasteiger partial charge in [0.2, 0.25) is 5.91 Å². The first-order valence-electron chi connectivity index (χ1n) is 12.5. The van der Waals surface area contributed by atoms with Crippen molar-refractivity contribution < 1.29 is 27.9 Å². The number of rotatable bonds is 8. The number of hydrogen-bond donors (Lipinski definition) is 3. The zero-order valence-corrected chi connectivity index (χ0v) is 23.5. The quantitative estimate of drug-likeness (QED) is 0.451. The molecule has 0 radical (unpaired) electrons. The molecule has 2 heterocycles. The highest BCUT2D eigenvalue weighted by Crippen LogP contribution is 2.29. The third-order valence-corrected chi connectivity index (χ3v) is 8.10. The molecule has 0 unspecified atom stereocenters. The molecule has 38 heavy (non-hydrogen) atoms. The van der Waals surface area contributed by atoms with Crippen LogP contribution in [-0.4, -0.2) is 89.2 Å². The predicted octanol–water partition coefficient (Wildman–Crippen LogP) is 1.42. The topological polar surface area (TPSA) is 146 Å². The van der Waals surface area contributed by atoms with E-state index in [-0.39, 0.29) is 55.0 Å². The number of hydrogen-bond acceptors (Lipinski definition) is 7.